The lowest BCUT2D eigenvalue weighted by molar-refractivity contribution is -0.127. The molecule has 1 N–H and O–H groups in total. The minimum atomic E-state index is -0.842. The van der Waals surface area contributed by atoms with E-state index in [1.807, 2.05) is 48.7 Å². The molecule has 0 bridgehead atoms. The summed E-state index contributed by atoms with van der Waals surface area (Å²) in [7, 11) is 3.14. The van der Waals surface area contributed by atoms with E-state index in [1.165, 1.54) is 11.3 Å². The summed E-state index contributed by atoms with van der Waals surface area (Å²) in [6.07, 6.45) is 4.32. The van der Waals surface area contributed by atoms with Crippen molar-refractivity contribution in [3.63, 3.8) is 0 Å². The second-order valence-electron chi connectivity index (χ2n) is 8.86. The first kappa shape index (κ1) is 24.8. The minimum Gasteiger partial charge on any atom is -0.497 e. The molecule has 0 spiro atoms. The third-order valence-corrected chi connectivity index (χ3v) is 7.30. The average molecular weight is 493 g/mol. The van der Waals surface area contributed by atoms with Crippen molar-refractivity contribution in [2.45, 2.75) is 51.1 Å². The number of aryl methyl sites for hydroxylation is 1. The van der Waals surface area contributed by atoms with Gasteiger partial charge in [-0.3, -0.25) is 14.5 Å². The highest BCUT2D eigenvalue weighted by Gasteiger charge is 2.35. The number of thiophene rings is 1. The van der Waals surface area contributed by atoms with Crippen molar-refractivity contribution in [3.8, 4) is 11.5 Å². The molecule has 2 amide bonds. The van der Waals surface area contributed by atoms with Gasteiger partial charge in [0, 0.05) is 17.0 Å². The van der Waals surface area contributed by atoms with Crippen LogP contribution in [0.3, 0.4) is 0 Å². The number of hydrogen-bond donors (Lipinski definition) is 1. The smallest absolute Gasteiger partial charge is 0.248 e. The molecule has 1 aromatic heterocycles. The molecule has 1 aliphatic rings. The molecule has 1 atom stereocenters. The van der Waals surface area contributed by atoms with Crippen molar-refractivity contribution in [1.29, 1.82) is 0 Å². The van der Waals surface area contributed by atoms with E-state index in [4.69, 9.17) is 9.47 Å². The Morgan fingerprint density at radius 1 is 1.06 bits per heavy atom. The summed E-state index contributed by atoms with van der Waals surface area (Å²) in [6, 6.07) is 16.2. The summed E-state index contributed by atoms with van der Waals surface area (Å²) in [5.41, 5.74) is 2.37. The molecule has 184 valence electrons. The normalized spacial score (nSPS) is 14.4. The molecule has 0 saturated heterocycles. The summed E-state index contributed by atoms with van der Waals surface area (Å²) >= 11 is 1.52. The number of rotatable bonds is 9. The first-order valence-corrected chi connectivity index (χ1v) is 12.8. The minimum absolute atomic E-state index is 0.127. The van der Waals surface area contributed by atoms with E-state index in [9.17, 15) is 9.59 Å². The number of carbonyl (C=O) groups excluding carboxylic acids is 2. The maximum absolute atomic E-state index is 13.9. The Bertz CT molecular complexity index is 1140. The molecule has 1 heterocycles. The fraction of sp³-hybridized carbons (Fsp3) is 0.357. The Hall–Kier alpha value is -3.32. The summed E-state index contributed by atoms with van der Waals surface area (Å²) in [6.45, 7) is 2.00. The highest BCUT2D eigenvalue weighted by molar-refractivity contribution is 7.10. The maximum Gasteiger partial charge on any atom is 0.248 e. The van der Waals surface area contributed by atoms with Gasteiger partial charge in [-0.05, 0) is 48.9 Å². The SMILES string of the molecule is COc1ccc(N(C(=O)Cc2cccs2)[C@@H](C(=O)NC2CCCC2)c2ccc(C)cc2)c(OC)c1. The number of benzene rings is 2. The zero-order chi connectivity index (χ0) is 24.8. The molecule has 7 heteroatoms. The van der Waals surface area contributed by atoms with Crippen molar-refractivity contribution in [2.75, 3.05) is 19.1 Å². The Morgan fingerprint density at radius 3 is 2.43 bits per heavy atom. The van der Waals surface area contributed by atoms with Crippen LogP contribution in [-0.4, -0.2) is 32.1 Å². The van der Waals surface area contributed by atoms with Crippen LogP contribution in [0.4, 0.5) is 5.69 Å². The molecule has 1 fully saturated rings. The van der Waals surface area contributed by atoms with E-state index < -0.39 is 6.04 Å². The van der Waals surface area contributed by atoms with Crippen molar-refractivity contribution < 1.29 is 19.1 Å². The molecule has 1 saturated carbocycles. The maximum atomic E-state index is 13.9. The van der Waals surface area contributed by atoms with Crippen LogP contribution in [-0.2, 0) is 16.0 Å². The van der Waals surface area contributed by atoms with Gasteiger partial charge in [-0.2, -0.15) is 0 Å². The van der Waals surface area contributed by atoms with Gasteiger partial charge < -0.3 is 14.8 Å². The number of ether oxygens (including phenoxy) is 2. The second kappa shape index (κ2) is 11.4. The summed E-state index contributed by atoms with van der Waals surface area (Å²) < 4.78 is 11.0. The Balaban J connectivity index is 1.82. The highest BCUT2D eigenvalue weighted by Crippen LogP contribution is 2.38. The van der Waals surface area contributed by atoms with Crippen LogP contribution in [0.25, 0.3) is 0 Å². The van der Waals surface area contributed by atoms with Crippen molar-refractivity contribution in [1.82, 2.24) is 5.32 Å². The molecular formula is C28H32N2O4S. The molecule has 3 aromatic rings. The fourth-order valence-corrected chi connectivity index (χ4v) is 5.26. The van der Waals surface area contributed by atoms with Crippen LogP contribution in [0.5, 0.6) is 11.5 Å². The summed E-state index contributed by atoms with van der Waals surface area (Å²) in [5.74, 6) is 0.717. The first-order chi connectivity index (χ1) is 17.0. The fourth-order valence-electron chi connectivity index (χ4n) is 4.57. The van der Waals surface area contributed by atoms with E-state index in [0.29, 0.717) is 17.2 Å². The molecule has 4 rings (SSSR count). The van der Waals surface area contributed by atoms with Crippen molar-refractivity contribution in [3.05, 3.63) is 76.0 Å². The molecule has 35 heavy (non-hydrogen) atoms. The molecule has 1 aliphatic carbocycles. The van der Waals surface area contributed by atoms with Crippen LogP contribution in [0.1, 0.15) is 47.7 Å². The molecule has 0 aliphatic heterocycles. The van der Waals surface area contributed by atoms with Gasteiger partial charge in [-0.1, -0.05) is 48.7 Å². The molecule has 6 nitrogen and oxygen atoms in total. The zero-order valence-electron chi connectivity index (χ0n) is 20.5. The number of hydrogen-bond acceptors (Lipinski definition) is 5. The topological polar surface area (TPSA) is 67.9 Å². The average Bonchev–Trinajstić information content (AvgIpc) is 3.57. The van der Waals surface area contributed by atoms with Crippen molar-refractivity contribution >= 4 is 28.8 Å². The Kier molecular flexibility index (Phi) is 8.08. The molecular weight excluding hydrogens is 460 g/mol. The lowest BCUT2D eigenvalue weighted by Gasteiger charge is -2.33. The van der Waals surface area contributed by atoms with Gasteiger partial charge in [0.25, 0.3) is 0 Å². The Morgan fingerprint density at radius 2 is 1.80 bits per heavy atom. The predicted molar refractivity (Wildman–Crippen MR) is 139 cm³/mol. The van der Waals surface area contributed by atoms with Crippen LogP contribution in [0.15, 0.2) is 60.0 Å². The van der Waals surface area contributed by atoms with Gasteiger partial charge >= 0.3 is 0 Å². The van der Waals surface area contributed by atoms with Crippen LogP contribution >= 0.6 is 11.3 Å². The van der Waals surface area contributed by atoms with E-state index in [0.717, 1.165) is 41.7 Å². The van der Waals surface area contributed by atoms with Gasteiger partial charge in [0.2, 0.25) is 11.8 Å². The Labute approximate surface area is 210 Å². The standard InChI is InChI=1S/C28H32N2O4S/c1-19-10-12-20(13-11-19)27(28(32)29-21-7-4-5-8-21)30(26(31)18-23-9-6-16-35-23)24-15-14-22(33-2)17-25(24)34-3/h6,9-17,21,27H,4-5,7-8,18H2,1-3H3,(H,29,32)/t27-/m1/s1. The number of nitrogens with one attached hydrogen (secondary N) is 1. The van der Waals surface area contributed by atoms with E-state index in [-0.39, 0.29) is 24.3 Å². The van der Waals surface area contributed by atoms with Crippen molar-refractivity contribution in [2.24, 2.45) is 0 Å². The number of amides is 2. The monoisotopic (exact) mass is 492 g/mol. The number of nitrogens with zero attached hydrogens (tertiary/aromatic N) is 1. The quantitative estimate of drug-likeness (QED) is 0.431. The third kappa shape index (κ3) is 5.85. The van der Waals surface area contributed by atoms with Crippen LogP contribution in [0.2, 0.25) is 0 Å². The highest BCUT2D eigenvalue weighted by atomic mass is 32.1. The summed E-state index contributed by atoms with van der Waals surface area (Å²) in [4.78, 5) is 30.3. The van der Waals surface area contributed by atoms with Gasteiger partial charge in [0.05, 0.1) is 26.3 Å². The molecule has 0 radical (unpaired) electrons. The van der Waals surface area contributed by atoms with Gasteiger partial charge in [-0.25, -0.2) is 0 Å². The predicted octanol–water partition coefficient (Wildman–Crippen LogP) is 5.45. The largest absolute Gasteiger partial charge is 0.497 e. The van der Waals surface area contributed by atoms with Crippen LogP contribution in [0, 0.1) is 6.92 Å². The van der Waals surface area contributed by atoms with E-state index >= 15 is 0 Å². The van der Waals surface area contributed by atoms with E-state index in [2.05, 4.69) is 5.32 Å². The number of methoxy groups -OCH3 is 2. The third-order valence-electron chi connectivity index (χ3n) is 6.42. The number of anilines is 1. The second-order valence-corrected chi connectivity index (χ2v) is 9.89. The molecule has 2 aromatic carbocycles. The van der Waals surface area contributed by atoms with E-state index in [1.54, 1.807) is 37.3 Å². The molecule has 0 unspecified atom stereocenters. The lowest BCUT2D eigenvalue weighted by atomic mass is 10.00. The van der Waals surface area contributed by atoms with Crippen LogP contribution < -0.4 is 19.7 Å². The number of carbonyl (C=O) groups is 2. The zero-order valence-corrected chi connectivity index (χ0v) is 21.3. The lowest BCUT2D eigenvalue weighted by Crippen LogP contribution is -2.47. The first-order valence-electron chi connectivity index (χ1n) is 11.9. The van der Waals surface area contributed by atoms with Gasteiger partial charge in [0.1, 0.15) is 17.5 Å². The van der Waals surface area contributed by atoms with Gasteiger partial charge in [0.15, 0.2) is 0 Å². The summed E-state index contributed by atoms with van der Waals surface area (Å²) in [5, 5.41) is 5.17. The van der Waals surface area contributed by atoms with Gasteiger partial charge in [-0.15, -0.1) is 11.3 Å².